The molecule has 1 heterocycles. The molecule has 7 heteroatoms. The molecule has 2 aromatic carbocycles. The summed E-state index contributed by atoms with van der Waals surface area (Å²) >= 11 is 2.61. The molecular formula is C20H17FN2O2S2. The minimum Gasteiger partial charge on any atom is -0.301 e. The van der Waals surface area contributed by atoms with E-state index < -0.39 is 0 Å². The summed E-state index contributed by atoms with van der Waals surface area (Å²) in [6, 6.07) is 15.6. The lowest BCUT2D eigenvalue weighted by molar-refractivity contribution is -0.113. The summed E-state index contributed by atoms with van der Waals surface area (Å²) in [7, 11) is 0. The van der Waals surface area contributed by atoms with Crippen molar-refractivity contribution in [2.45, 2.75) is 12.7 Å². The number of amides is 1. The molecule has 0 aliphatic heterocycles. The number of hydrogen-bond acceptors (Lipinski definition) is 5. The Labute approximate surface area is 164 Å². The van der Waals surface area contributed by atoms with Gasteiger partial charge in [0.05, 0.1) is 16.3 Å². The zero-order chi connectivity index (χ0) is 19.2. The van der Waals surface area contributed by atoms with E-state index in [1.165, 1.54) is 42.2 Å². The highest BCUT2D eigenvalue weighted by Crippen LogP contribution is 2.31. The summed E-state index contributed by atoms with van der Waals surface area (Å²) in [4.78, 5) is 29.0. The first-order valence-electron chi connectivity index (χ1n) is 8.22. The fourth-order valence-electron chi connectivity index (χ4n) is 2.40. The van der Waals surface area contributed by atoms with Crippen LogP contribution in [0.1, 0.15) is 22.2 Å². The molecule has 1 N–H and O–H groups in total. The molecule has 0 aliphatic carbocycles. The van der Waals surface area contributed by atoms with Gasteiger partial charge in [-0.1, -0.05) is 53.8 Å². The molecular weight excluding hydrogens is 383 g/mol. The molecule has 0 aliphatic rings. The largest absolute Gasteiger partial charge is 0.301 e. The second kappa shape index (κ2) is 8.92. The maximum Gasteiger partial charge on any atom is 0.236 e. The van der Waals surface area contributed by atoms with Gasteiger partial charge in [-0.05, 0) is 17.7 Å². The van der Waals surface area contributed by atoms with Crippen molar-refractivity contribution in [2.24, 2.45) is 0 Å². The Morgan fingerprint density at radius 3 is 2.48 bits per heavy atom. The van der Waals surface area contributed by atoms with Crippen molar-refractivity contribution in [2.75, 3.05) is 11.1 Å². The van der Waals surface area contributed by atoms with Crippen LogP contribution in [0.4, 0.5) is 9.52 Å². The lowest BCUT2D eigenvalue weighted by Gasteiger charge is -2.02. The molecule has 27 heavy (non-hydrogen) atoms. The zero-order valence-electron chi connectivity index (χ0n) is 14.6. The molecule has 138 valence electrons. The minimum atomic E-state index is -0.277. The third kappa shape index (κ3) is 5.24. The summed E-state index contributed by atoms with van der Waals surface area (Å²) in [5.74, 6) is 0.302. The average Bonchev–Trinajstić information content (AvgIpc) is 3.08. The minimum absolute atomic E-state index is 0.0856. The first-order chi connectivity index (χ1) is 13.0. The Balaban J connectivity index is 1.62. The van der Waals surface area contributed by atoms with E-state index in [4.69, 9.17) is 0 Å². The van der Waals surface area contributed by atoms with Crippen molar-refractivity contribution in [3.63, 3.8) is 0 Å². The van der Waals surface area contributed by atoms with E-state index in [0.29, 0.717) is 21.5 Å². The number of thiazole rings is 1. The number of ketones is 1. The van der Waals surface area contributed by atoms with Crippen LogP contribution < -0.4 is 5.32 Å². The highest BCUT2D eigenvalue weighted by molar-refractivity contribution is 7.99. The molecule has 0 atom stereocenters. The molecule has 0 unspecified atom stereocenters. The molecule has 3 aromatic rings. The maximum atomic E-state index is 12.9. The SMILES string of the molecule is CC(=O)c1sc(NC(=O)CSCc2ccc(F)cc2)nc1-c1ccccc1. The van der Waals surface area contributed by atoms with Crippen LogP contribution in [0, 0.1) is 5.82 Å². The van der Waals surface area contributed by atoms with Crippen molar-refractivity contribution < 1.29 is 14.0 Å². The van der Waals surface area contributed by atoms with Crippen LogP contribution >= 0.6 is 23.1 Å². The summed E-state index contributed by atoms with van der Waals surface area (Å²) in [5.41, 5.74) is 2.38. The Bertz CT molecular complexity index is 940. The summed E-state index contributed by atoms with van der Waals surface area (Å²) in [6.07, 6.45) is 0. The van der Waals surface area contributed by atoms with Gasteiger partial charge < -0.3 is 5.32 Å². The first kappa shape index (κ1) is 19.3. The van der Waals surface area contributed by atoms with Gasteiger partial charge in [0.15, 0.2) is 10.9 Å². The second-order valence-electron chi connectivity index (χ2n) is 5.79. The van der Waals surface area contributed by atoms with Gasteiger partial charge in [-0.25, -0.2) is 9.37 Å². The Morgan fingerprint density at radius 1 is 1.11 bits per heavy atom. The fourth-order valence-corrected chi connectivity index (χ4v) is 4.09. The van der Waals surface area contributed by atoms with E-state index in [9.17, 15) is 14.0 Å². The van der Waals surface area contributed by atoms with Crippen LogP contribution in [0.15, 0.2) is 54.6 Å². The van der Waals surface area contributed by atoms with Gasteiger partial charge in [0.2, 0.25) is 5.91 Å². The van der Waals surface area contributed by atoms with Gasteiger partial charge >= 0.3 is 0 Å². The maximum absolute atomic E-state index is 12.9. The summed E-state index contributed by atoms with van der Waals surface area (Å²) in [6.45, 7) is 1.49. The first-order valence-corrected chi connectivity index (χ1v) is 10.2. The molecule has 0 fully saturated rings. The van der Waals surface area contributed by atoms with Gasteiger partial charge in [0.25, 0.3) is 0 Å². The van der Waals surface area contributed by atoms with Crippen molar-refractivity contribution in [3.8, 4) is 11.3 Å². The number of rotatable bonds is 7. The number of aromatic nitrogens is 1. The van der Waals surface area contributed by atoms with Gasteiger partial charge in [-0.3, -0.25) is 9.59 Å². The smallest absolute Gasteiger partial charge is 0.236 e. The van der Waals surface area contributed by atoms with E-state index in [1.54, 1.807) is 12.1 Å². The number of Topliss-reactive ketones (excluding diaryl/α,β-unsaturated/α-hetero) is 1. The standard InChI is InChI=1S/C20H17FN2O2S2/c1-13(24)19-18(15-5-3-2-4-6-15)23-20(27-19)22-17(25)12-26-11-14-7-9-16(21)10-8-14/h2-10H,11-12H2,1H3,(H,22,23,25). The van der Waals surface area contributed by atoms with Crippen LogP contribution in [0.3, 0.4) is 0 Å². The van der Waals surface area contributed by atoms with Gasteiger partial charge in [0.1, 0.15) is 5.82 Å². The van der Waals surface area contributed by atoms with Gasteiger partial charge in [-0.15, -0.1) is 11.8 Å². The van der Waals surface area contributed by atoms with Crippen LogP contribution in [0.25, 0.3) is 11.3 Å². The second-order valence-corrected chi connectivity index (χ2v) is 7.77. The van der Waals surface area contributed by atoms with Crippen molar-refractivity contribution in [3.05, 3.63) is 70.9 Å². The number of thioether (sulfide) groups is 1. The van der Waals surface area contributed by atoms with E-state index in [2.05, 4.69) is 10.3 Å². The molecule has 0 saturated heterocycles. The van der Waals surface area contributed by atoms with Crippen LogP contribution in [0.2, 0.25) is 0 Å². The molecule has 0 radical (unpaired) electrons. The number of anilines is 1. The highest BCUT2D eigenvalue weighted by Gasteiger charge is 2.17. The van der Waals surface area contributed by atoms with Crippen molar-refractivity contribution in [1.82, 2.24) is 4.98 Å². The van der Waals surface area contributed by atoms with E-state index in [0.717, 1.165) is 11.1 Å². The number of benzene rings is 2. The topological polar surface area (TPSA) is 59.1 Å². The third-order valence-corrected chi connectivity index (χ3v) is 5.73. The molecule has 0 saturated carbocycles. The number of hydrogen-bond donors (Lipinski definition) is 1. The number of carbonyl (C=O) groups excluding carboxylic acids is 2. The van der Waals surface area contributed by atoms with Crippen LogP contribution in [-0.2, 0) is 10.5 Å². The molecule has 0 bridgehead atoms. The number of halogens is 1. The molecule has 1 aromatic heterocycles. The lowest BCUT2D eigenvalue weighted by atomic mass is 10.1. The van der Waals surface area contributed by atoms with Crippen molar-refractivity contribution in [1.29, 1.82) is 0 Å². The average molecular weight is 401 g/mol. The third-order valence-electron chi connectivity index (χ3n) is 3.66. The highest BCUT2D eigenvalue weighted by atomic mass is 32.2. The Kier molecular flexibility index (Phi) is 6.36. The number of nitrogens with zero attached hydrogens (tertiary/aromatic N) is 1. The Hall–Kier alpha value is -2.51. The quantitative estimate of drug-likeness (QED) is 0.566. The van der Waals surface area contributed by atoms with Crippen LogP contribution in [0.5, 0.6) is 0 Å². The zero-order valence-corrected chi connectivity index (χ0v) is 16.2. The number of carbonyl (C=O) groups is 2. The summed E-state index contributed by atoms with van der Waals surface area (Å²) < 4.78 is 12.9. The molecule has 1 amide bonds. The summed E-state index contributed by atoms with van der Waals surface area (Å²) in [5, 5.41) is 3.17. The number of nitrogens with one attached hydrogen (secondary N) is 1. The van der Waals surface area contributed by atoms with E-state index >= 15 is 0 Å². The predicted octanol–water partition coefficient (Wildman–Crippen LogP) is 5.02. The fraction of sp³-hybridized carbons (Fsp3) is 0.150. The normalized spacial score (nSPS) is 10.6. The van der Waals surface area contributed by atoms with E-state index in [1.807, 2.05) is 30.3 Å². The molecule has 0 spiro atoms. The lowest BCUT2D eigenvalue weighted by Crippen LogP contribution is -2.13. The Morgan fingerprint density at radius 2 is 1.81 bits per heavy atom. The van der Waals surface area contributed by atoms with Gasteiger partial charge in [0, 0.05) is 18.2 Å². The molecule has 3 rings (SSSR count). The van der Waals surface area contributed by atoms with E-state index in [-0.39, 0.29) is 23.3 Å². The monoisotopic (exact) mass is 400 g/mol. The van der Waals surface area contributed by atoms with Gasteiger partial charge in [-0.2, -0.15) is 0 Å². The molecule has 4 nitrogen and oxygen atoms in total. The van der Waals surface area contributed by atoms with Crippen LogP contribution in [-0.4, -0.2) is 22.4 Å². The predicted molar refractivity (Wildman–Crippen MR) is 109 cm³/mol. The van der Waals surface area contributed by atoms with Crippen molar-refractivity contribution >= 4 is 39.9 Å².